The summed E-state index contributed by atoms with van der Waals surface area (Å²) >= 11 is 0. The molecule has 1 aromatic rings. The van der Waals surface area contributed by atoms with Crippen molar-refractivity contribution >= 4 is 0 Å². The molecule has 0 bridgehead atoms. The van der Waals surface area contributed by atoms with Crippen LogP contribution in [-0.4, -0.2) is 21.3 Å². The number of aromatic nitrogens is 3. The van der Waals surface area contributed by atoms with Crippen LogP contribution in [0.25, 0.3) is 5.73 Å². The van der Waals surface area contributed by atoms with E-state index < -0.39 is 0 Å². The van der Waals surface area contributed by atoms with Gasteiger partial charge in [-0.2, -0.15) is 5.10 Å². The predicted molar refractivity (Wildman–Crippen MR) is 35.6 cm³/mol. The summed E-state index contributed by atoms with van der Waals surface area (Å²) in [4.78, 5) is 3.71. The molecule has 0 unspecified atom stereocenters. The molecule has 0 fully saturated rings. The molecule has 1 rings (SSSR count). The van der Waals surface area contributed by atoms with Crippen LogP contribution in [0.2, 0.25) is 0 Å². The fourth-order valence-corrected chi connectivity index (χ4v) is 0.463. The number of hydrogen-bond acceptors (Lipinski definition) is 2. The molecule has 0 radical (unpaired) electrons. The first kappa shape index (κ1) is 13.7. The molecular weight excluding hydrogens is 249 g/mol. The van der Waals surface area contributed by atoms with E-state index in [1.165, 1.54) is 6.33 Å². The van der Waals surface area contributed by atoms with Gasteiger partial charge in [0.2, 0.25) is 0 Å². The van der Waals surface area contributed by atoms with Crippen LogP contribution in [0, 0.1) is 7.43 Å². The fraction of sp³-hybridized carbons (Fsp3) is 0.400. The summed E-state index contributed by atoms with van der Waals surface area (Å²) < 4.78 is 1.63. The van der Waals surface area contributed by atoms with E-state index in [4.69, 9.17) is 5.73 Å². The average molecular weight is 259 g/mol. The van der Waals surface area contributed by atoms with Crippen LogP contribution in [0.3, 0.4) is 0 Å². The van der Waals surface area contributed by atoms with Crippen LogP contribution in [0.4, 0.5) is 0 Å². The third-order valence-corrected chi connectivity index (χ3v) is 0.807. The van der Waals surface area contributed by atoms with Gasteiger partial charge >= 0.3 is 68.9 Å². The molecule has 0 aliphatic heterocycles. The van der Waals surface area contributed by atoms with Gasteiger partial charge < -0.3 is 13.2 Å². The van der Waals surface area contributed by atoms with Crippen LogP contribution in [-0.2, 0) is 6.54 Å². The monoisotopic (exact) mass is 259 g/mol. The number of nitrogens with one attached hydrogen (secondary N) is 1. The van der Waals surface area contributed by atoms with E-state index in [2.05, 4.69) is 10.1 Å². The predicted octanol–water partition coefficient (Wildman–Crippen LogP) is -2.22. The van der Waals surface area contributed by atoms with E-state index in [9.17, 15) is 0 Å². The zero-order valence-corrected chi connectivity index (χ0v) is 12.7. The Balaban J connectivity index is 0. The Morgan fingerprint density at radius 3 is 2.60 bits per heavy atom. The molecule has 0 aliphatic rings. The third-order valence-electron chi connectivity index (χ3n) is 0.807. The Bertz CT molecular complexity index is 139. The molecular formula is C5H10CsN4-. The van der Waals surface area contributed by atoms with E-state index >= 15 is 0 Å². The zero-order chi connectivity index (χ0) is 5.82. The van der Waals surface area contributed by atoms with Crippen molar-refractivity contribution in [2.24, 2.45) is 0 Å². The summed E-state index contributed by atoms with van der Waals surface area (Å²) in [6.07, 6.45) is 3.07. The molecule has 0 saturated carbocycles. The molecule has 0 spiro atoms. The quantitative estimate of drug-likeness (QED) is 0.565. The van der Waals surface area contributed by atoms with Gasteiger partial charge in [-0.25, -0.2) is 4.98 Å². The molecule has 5 heteroatoms. The molecule has 0 amide bonds. The van der Waals surface area contributed by atoms with Crippen LogP contribution in [0.15, 0.2) is 12.7 Å². The topological polar surface area (TPSA) is 54.5 Å². The van der Waals surface area contributed by atoms with Crippen LogP contribution in [0.1, 0.15) is 0 Å². The minimum Gasteiger partial charge on any atom is -0.676 e. The van der Waals surface area contributed by atoms with Gasteiger partial charge in [-0.15, -0.1) is 6.54 Å². The molecule has 0 saturated heterocycles. The number of rotatable bonds is 2. The van der Waals surface area contributed by atoms with Crippen LogP contribution < -0.4 is 68.9 Å². The van der Waals surface area contributed by atoms with Gasteiger partial charge in [-0.1, -0.05) is 0 Å². The van der Waals surface area contributed by atoms with E-state index in [1.54, 1.807) is 11.0 Å². The van der Waals surface area contributed by atoms with Crippen molar-refractivity contribution in [3.8, 4) is 0 Å². The van der Waals surface area contributed by atoms with Gasteiger partial charge in [-0.3, -0.25) is 4.68 Å². The molecule has 10 heavy (non-hydrogen) atoms. The summed E-state index contributed by atoms with van der Waals surface area (Å²) in [6.45, 7) is 1.00. The van der Waals surface area contributed by atoms with Crippen molar-refractivity contribution in [2.75, 3.05) is 6.54 Å². The Kier molecular flexibility index (Phi) is 11.3. The largest absolute Gasteiger partial charge is 1.00 e. The molecule has 0 aromatic carbocycles. The van der Waals surface area contributed by atoms with Gasteiger partial charge in [0.05, 0.1) is 0 Å². The Labute approximate surface area is 120 Å². The summed E-state index contributed by atoms with van der Waals surface area (Å²) in [5, 5.41) is 3.79. The first-order chi connectivity index (χ1) is 3.93. The molecule has 0 atom stereocenters. The van der Waals surface area contributed by atoms with Gasteiger partial charge in [0, 0.05) is 6.54 Å². The van der Waals surface area contributed by atoms with Gasteiger partial charge in [-0.05, 0) is 0 Å². The molecule has 0 aliphatic carbocycles. The maximum Gasteiger partial charge on any atom is 1.00 e. The summed E-state index contributed by atoms with van der Waals surface area (Å²) in [5.41, 5.74) is 6.79. The van der Waals surface area contributed by atoms with Crippen LogP contribution in [0.5, 0.6) is 0 Å². The second-order valence-corrected chi connectivity index (χ2v) is 1.41. The van der Waals surface area contributed by atoms with E-state index in [-0.39, 0.29) is 76.3 Å². The first-order valence-corrected chi connectivity index (χ1v) is 2.40. The van der Waals surface area contributed by atoms with Crippen molar-refractivity contribution in [3.05, 3.63) is 25.8 Å². The molecule has 1 N–H and O–H groups in total. The molecule has 1 heterocycles. The Hall–Kier alpha value is 1.15. The second kappa shape index (κ2) is 8.25. The Morgan fingerprint density at radius 1 is 1.50 bits per heavy atom. The molecule has 52 valence electrons. The van der Waals surface area contributed by atoms with Crippen molar-refractivity contribution in [1.29, 1.82) is 0 Å². The maximum absolute atomic E-state index is 6.79. The summed E-state index contributed by atoms with van der Waals surface area (Å²) in [5.74, 6) is 0. The summed E-state index contributed by atoms with van der Waals surface area (Å²) in [7, 11) is 0. The number of nitrogens with zero attached hydrogens (tertiary/aromatic N) is 3. The van der Waals surface area contributed by atoms with Crippen molar-refractivity contribution in [3.63, 3.8) is 0 Å². The fourth-order valence-electron chi connectivity index (χ4n) is 0.463. The van der Waals surface area contributed by atoms with E-state index in [0.717, 1.165) is 0 Å². The van der Waals surface area contributed by atoms with E-state index in [1.807, 2.05) is 0 Å². The molecule has 4 nitrogen and oxygen atoms in total. The van der Waals surface area contributed by atoms with Crippen molar-refractivity contribution in [1.82, 2.24) is 14.8 Å². The minimum atomic E-state index is 0. The van der Waals surface area contributed by atoms with Gasteiger partial charge in [0.15, 0.2) is 0 Å². The third kappa shape index (κ3) is 4.89. The smallest absolute Gasteiger partial charge is 0.676 e. The maximum atomic E-state index is 6.79. The van der Waals surface area contributed by atoms with Gasteiger partial charge in [0.25, 0.3) is 0 Å². The normalized spacial score (nSPS) is 7.70. The van der Waals surface area contributed by atoms with Crippen molar-refractivity contribution < 1.29 is 68.9 Å². The SMILES string of the molecule is [CH3-].[Cs+].[NH-]CCn1cncn1. The average Bonchev–Trinajstić information content (AvgIpc) is 2.19. The zero-order valence-electron chi connectivity index (χ0n) is 6.41. The van der Waals surface area contributed by atoms with E-state index in [0.29, 0.717) is 13.1 Å². The number of hydrogen-bond donors (Lipinski definition) is 0. The molecule has 1 aromatic heterocycles. The van der Waals surface area contributed by atoms with Crippen LogP contribution >= 0.6 is 0 Å². The minimum absolute atomic E-state index is 0. The van der Waals surface area contributed by atoms with Gasteiger partial charge in [0.1, 0.15) is 12.7 Å². The summed E-state index contributed by atoms with van der Waals surface area (Å²) in [6, 6.07) is 0. The second-order valence-electron chi connectivity index (χ2n) is 1.41. The standard InChI is InChI=1S/C4H7N4.CH3.Cs/c5-1-2-8-4-6-3-7-8;;/h3-5H,1-2H2;1H3;/q2*-1;+1. The first-order valence-electron chi connectivity index (χ1n) is 2.40. The van der Waals surface area contributed by atoms with Crippen molar-refractivity contribution in [2.45, 2.75) is 6.54 Å². The Morgan fingerprint density at radius 2 is 2.20 bits per heavy atom.